The van der Waals surface area contributed by atoms with Crippen LogP contribution >= 0.6 is 0 Å². The second-order valence-corrected chi connectivity index (χ2v) is 6.93. The van der Waals surface area contributed by atoms with Gasteiger partial charge in [-0.3, -0.25) is 9.36 Å². The molecule has 26 heavy (non-hydrogen) atoms. The highest BCUT2D eigenvalue weighted by Crippen LogP contribution is 2.24. The van der Waals surface area contributed by atoms with Crippen LogP contribution in [0.15, 0.2) is 59.4 Å². The van der Waals surface area contributed by atoms with Gasteiger partial charge in [0.2, 0.25) is 0 Å². The molecule has 1 aliphatic heterocycles. The van der Waals surface area contributed by atoms with Gasteiger partial charge in [0.25, 0.3) is 0 Å². The van der Waals surface area contributed by atoms with Crippen LogP contribution in [0.4, 0.5) is 0 Å². The Morgan fingerprint density at radius 2 is 1.69 bits per heavy atom. The predicted molar refractivity (Wildman–Crippen MR) is 103 cm³/mol. The van der Waals surface area contributed by atoms with E-state index in [1.165, 1.54) is 0 Å². The summed E-state index contributed by atoms with van der Waals surface area (Å²) in [5.41, 5.74) is 2.64. The van der Waals surface area contributed by atoms with Crippen molar-refractivity contribution < 1.29 is 4.79 Å². The summed E-state index contributed by atoms with van der Waals surface area (Å²) in [5, 5.41) is 0. The molecule has 4 rings (SSSR count). The number of aromatic nitrogens is 2. The maximum absolute atomic E-state index is 12.3. The van der Waals surface area contributed by atoms with Gasteiger partial charge in [0.15, 0.2) is 5.78 Å². The molecule has 5 heteroatoms. The van der Waals surface area contributed by atoms with Gasteiger partial charge in [0.1, 0.15) is 0 Å². The molecule has 1 N–H and O–H groups in total. The third-order valence-electron chi connectivity index (χ3n) is 5.30. The molecule has 2 aromatic carbocycles. The fourth-order valence-electron chi connectivity index (χ4n) is 3.87. The number of aromatic amines is 1. The Morgan fingerprint density at radius 1 is 1.00 bits per heavy atom. The number of carbonyl (C=O) groups is 1. The summed E-state index contributed by atoms with van der Waals surface area (Å²) >= 11 is 0. The minimum Gasteiger partial charge on any atom is -0.306 e. The van der Waals surface area contributed by atoms with Gasteiger partial charge < -0.3 is 9.88 Å². The maximum atomic E-state index is 12.3. The van der Waals surface area contributed by atoms with Crippen molar-refractivity contribution in [2.24, 2.45) is 0 Å². The Hall–Kier alpha value is -2.66. The molecular formula is C21H23N3O2. The van der Waals surface area contributed by atoms with E-state index < -0.39 is 0 Å². The summed E-state index contributed by atoms with van der Waals surface area (Å²) < 4.78 is 1.90. The standard InChI is InChI=1S/C21H23N3O2/c25-20(16-6-2-1-3-7-16)12-15-23-13-10-17(11-14-23)24-19-9-5-4-8-18(19)22-21(24)26/h1-9,17H,10-15H2,(H,22,26). The lowest BCUT2D eigenvalue weighted by Crippen LogP contribution is -2.38. The number of rotatable bonds is 5. The zero-order valence-electron chi connectivity index (χ0n) is 14.7. The SMILES string of the molecule is O=C(CCN1CCC(n2c(=O)[nH]c3ccccc32)CC1)c1ccccc1. The molecule has 5 nitrogen and oxygen atoms in total. The average molecular weight is 349 g/mol. The van der Waals surface area contributed by atoms with Crippen molar-refractivity contribution >= 4 is 16.8 Å². The van der Waals surface area contributed by atoms with E-state index in [2.05, 4.69) is 9.88 Å². The van der Waals surface area contributed by atoms with E-state index in [9.17, 15) is 9.59 Å². The summed E-state index contributed by atoms with van der Waals surface area (Å²) in [6, 6.07) is 17.5. The van der Waals surface area contributed by atoms with Crippen LogP contribution in [0.5, 0.6) is 0 Å². The van der Waals surface area contributed by atoms with Crippen LogP contribution in [0.2, 0.25) is 0 Å². The zero-order chi connectivity index (χ0) is 17.9. The average Bonchev–Trinajstić information content (AvgIpc) is 3.03. The summed E-state index contributed by atoms with van der Waals surface area (Å²) in [6.07, 6.45) is 2.41. The van der Waals surface area contributed by atoms with Gasteiger partial charge in [-0.15, -0.1) is 0 Å². The van der Waals surface area contributed by atoms with Crippen LogP contribution in [0.1, 0.15) is 35.7 Å². The number of imidazole rings is 1. The Kier molecular flexibility index (Phi) is 4.71. The summed E-state index contributed by atoms with van der Waals surface area (Å²) in [5.74, 6) is 0.195. The van der Waals surface area contributed by atoms with E-state index in [0.717, 1.165) is 49.1 Å². The molecule has 3 aromatic rings. The Morgan fingerprint density at radius 3 is 2.46 bits per heavy atom. The fraction of sp³-hybridized carbons (Fsp3) is 0.333. The van der Waals surface area contributed by atoms with E-state index in [-0.39, 0.29) is 17.5 Å². The van der Waals surface area contributed by atoms with E-state index in [0.29, 0.717) is 6.42 Å². The van der Waals surface area contributed by atoms with Crippen LogP contribution in [-0.4, -0.2) is 39.9 Å². The zero-order valence-corrected chi connectivity index (χ0v) is 14.7. The number of piperidine rings is 1. The third-order valence-corrected chi connectivity index (χ3v) is 5.30. The first-order chi connectivity index (χ1) is 12.7. The number of likely N-dealkylation sites (tertiary alicyclic amines) is 1. The van der Waals surface area contributed by atoms with Gasteiger partial charge in [0, 0.05) is 37.7 Å². The quantitative estimate of drug-likeness (QED) is 0.720. The molecule has 1 aromatic heterocycles. The van der Waals surface area contributed by atoms with Gasteiger partial charge in [-0.25, -0.2) is 4.79 Å². The van der Waals surface area contributed by atoms with Crippen molar-refractivity contribution in [2.45, 2.75) is 25.3 Å². The smallest absolute Gasteiger partial charge is 0.306 e. The number of nitrogens with zero attached hydrogens (tertiary/aromatic N) is 2. The van der Waals surface area contributed by atoms with E-state index in [1.54, 1.807) is 0 Å². The Balaban J connectivity index is 1.36. The number of Topliss-reactive ketones (excluding diaryl/α,β-unsaturated/α-hetero) is 1. The minimum absolute atomic E-state index is 0.0242. The number of carbonyl (C=O) groups excluding carboxylic acids is 1. The monoisotopic (exact) mass is 349 g/mol. The van der Waals surface area contributed by atoms with Gasteiger partial charge in [-0.05, 0) is 25.0 Å². The Labute approximate surface area is 152 Å². The number of hydrogen-bond acceptors (Lipinski definition) is 3. The van der Waals surface area contributed by atoms with Crippen LogP contribution in [0.3, 0.4) is 0 Å². The second kappa shape index (κ2) is 7.30. The molecule has 2 heterocycles. The van der Waals surface area contributed by atoms with E-state index in [1.807, 2.05) is 59.2 Å². The first kappa shape index (κ1) is 16.8. The highest BCUT2D eigenvalue weighted by atomic mass is 16.1. The van der Waals surface area contributed by atoms with Crippen molar-refractivity contribution in [3.8, 4) is 0 Å². The van der Waals surface area contributed by atoms with Gasteiger partial charge in [-0.2, -0.15) is 0 Å². The lowest BCUT2D eigenvalue weighted by molar-refractivity contribution is 0.0952. The highest BCUT2D eigenvalue weighted by Gasteiger charge is 2.23. The molecule has 134 valence electrons. The number of fused-ring (bicyclic) bond motifs is 1. The van der Waals surface area contributed by atoms with Crippen LogP contribution in [0.25, 0.3) is 11.0 Å². The lowest BCUT2D eigenvalue weighted by atomic mass is 10.0. The predicted octanol–water partition coefficient (Wildman–Crippen LogP) is 3.24. The number of para-hydroxylation sites is 2. The van der Waals surface area contributed by atoms with Crippen molar-refractivity contribution in [3.05, 3.63) is 70.6 Å². The van der Waals surface area contributed by atoms with Gasteiger partial charge in [0.05, 0.1) is 11.0 Å². The normalized spacial score (nSPS) is 16.2. The highest BCUT2D eigenvalue weighted by molar-refractivity contribution is 5.96. The summed E-state index contributed by atoms with van der Waals surface area (Å²) in [7, 11) is 0. The molecule has 1 aliphatic rings. The molecule has 0 saturated carbocycles. The van der Waals surface area contributed by atoms with Crippen molar-refractivity contribution in [1.82, 2.24) is 14.5 Å². The van der Waals surface area contributed by atoms with Crippen molar-refractivity contribution in [1.29, 1.82) is 0 Å². The number of hydrogen-bond donors (Lipinski definition) is 1. The number of ketones is 1. The lowest BCUT2D eigenvalue weighted by Gasteiger charge is -2.32. The first-order valence-electron chi connectivity index (χ1n) is 9.22. The molecule has 0 atom stereocenters. The van der Waals surface area contributed by atoms with Crippen LogP contribution < -0.4 is 5.69 Å². The van der Waals surface area contributed by atoms with E-state index in [4.69, 9.17) is 0 Å². The minimum atomic E-state index is -0.0242. The largest absolute Gasteiger partial charge is 0.326 e. The summed E-state index contributed by atoms with van der Waals surface area (Å²) in [6.45, 7) is 2.61. The third kappa shape index (κ3) is 3.35. The second-order valence-electron chi connectivity index (χ2n) is 6.93. The number of H-pyrrole nitrogens is 1. The van der Waals surface area contributed by atoms with Gasteiger partial charge in [-0.1, -0.05) is 42.5 Å². The molecule has 0 bridgehead atoms. The molecule has 0 unspecified atom stereocenters. The molecule has 1 saturated heterocycles. The van der Waals surface area contributed by atoms with Gasteiger partial charge >= 0.3 is 5.69 Å². The van der Waals surface area contributed by atoms with Crippen LogP contribution in [-0.2, 0) is 0 Å². The molecule has 0 aliphatic carbocycles. The number of benzene rings is 2. The Bertz CT molecular complexity index is 950. The van der Waals surface area contributed by atoms with Crippen molar-refractivity contribution in [3.63, 3.8) is 0 Å². The topological polar surface area (TPSA) is 58.1 Å². The van der Waals surface area contributed by atoms with Crippen LogP contribution in [0, 0.1) is 0 Å². The number of nitrogens with one attached hydrogen (secondary N) is 1. The molecular weight excluding hydrogens is 326 g/mol. The molecule has 0 spiro atoms. The molecule has 1 fully saturated rings. The van der Waals surface area contributed by atoms with Crippen molar-refractivity contribution in [2.75, 3.05) is 19.6 Å². The molecule has 0 amide bonds. The fourth-order valence-corrected chi connectivity index (χ4v) is 3.87. The molecule has 0 radical (unpaired) electrons. The summed E-state index contributed by atoms with van der Waals surface area (Å²) in [4.78, 5) is 29.9. The van der Waals surface area contributed by atoms with E-state index >= 15 is 0 Å². The first-order valence-corrected chi connectivity index (χ1v) is 9.22. The maximum Gasteiger partial charge on any atom is 0.326 e.